The first-order valence-electron chi connectivity index (χ1n) is 16.4. The Bertz CT molecular complexity index is 2840. The minimum Gasteiger partial charge on any atom is -0.310 e. The molecule has 0 fully saturated rings. The number of rotatable bonds is 4. The van der Waals surface area contributed by atoms with Crippen LogP contribution in [0.2, 0.25) is 0 Å². The minimum atomic E-state index is 1.13. The number of anilines is 3. The van der Waals surface area contributed by atoms with Gasteiger partial charge in [0.25, 0.3) is 0 Å². The number of hydrogen-bond donors (Lipinski definition) is 0. The fourth-order valence-corrected chi connectivity index (χ4v) is 8.73. The third kappa shape index (κ3) is 4.24. The van der Waals surface area contributed by atoms with Gasteiger partial charge in [-0.3, -0.25) is 0 Å². The molecule has 0 N–H and O–H groups in total. The van der Waals surface area contributed by atoms with Crippen molar-refractivity contribution < 1.29 is 0 Å². The molecule has 10 aromatic rings. The molecule has 0 atom stereocenters. The largest absolute Gasteiger partial charge is 0.310 e. The van der Waals surface area contributed by atoms with E-state index in [0.717, 1.165) is 11.4 Å². The Morgan fingerprint density at radius 2 is 0.917 bits per heavy atom. The van der Waals surface area contributed by atoms with Crippen molar-refractivity contribution in [2.24, 2.45) is 0 Å². The molecule has 0 unspecified atom stereocenters. The molecule has 0 aliphatic heterocycles. The topological polar surface area (TPSA) is 3.24 Å². The van der Waals surface area contributed by atoms with Gasteiger partial charge < -0.3 is 4.90 Å². The van der Waals surface area contributed by atoms with E-state index < -0.39 is 0 Å². The molecule has 1 aromatic heterocycles. The van der Waals surface area contributed by atoms with Gasteiger partial charge in [-0.25, -0.2) is 0 Å². The van der Waals surface area contributed by atoms with Crippen LogP contribution in [0.25, 0.3) is 74.4 Å². The van der Waals surface area contributed by atoms with Gasteiger partial charge in [-0.1, -0.05) is 133 Å². The Morgan fingerprint density at radius 1 is 0.333 bits per heavy atom. The van der Waals surface area contributed by atoms with Crippen LogP contribution in [0, 0.1) is 0 Å². The number of benzene rings is 9. The van der Waals surface area contributed by atoms with Crippen molar-refractivity contribution in [3.8, 4) is 11.1 Å². The van der Waals surface area contributed by atoms with Crippen molar-refractivity contribution in [3.05, 3.63) is 176 Å². The summed E-state index contributed by atoms with van der Waals surface area (Å²) < 4.78 is 2.60. The number of nitrogens with zero attached hydrogens (tertiary/aromatic N) is 1. The quantitative estimate of drug-likeness (QED) is 0.176. The Labute approximate surface area is 282 Å². The molecule has 0 amide bonds. The van der Waals surface area contributed by atoms with E-state index in [9.17, 15) is 0 Å². The highest BCUT2D eigenvalue weighted by atomic mass is 32.1. The fourth-order valence-electron chi connectivity index (χ4n) is 7.59. The van der Waals surface area contributed by atoms with E-state index in [-0.39, 0.29) is 0 Å². The zero-order chi connectivity index (χ0) is 31.6. The third-order valence-corrected chi connectivity index (χ3v) is 10.9. The van der Waals surface area contributed by atoms with Gasteiger partial charge in [0.2, 0.25) is 0 Å². The van der Waals surface area contributed by atoms with Crippen LogP contribution in [0.1, 0.15) is 0 Å². The average Bonchev–Trinajstić information content (AvgIpc) is 3.55. The monoisotopic (exact) mass is 627 g/mol. The molecule has 0 saturated heterocycles. The van der Waals surface area contributed by atoms with Crippen molar-refractivity contribution in [3.63, 3.8) is 0 Å². The molecule has 10 rings (SSSR count). The molecule has 9 aromatic carbocycles. The Balaban J connectivity index is 1.31. The van der Waals surface area contributed by atoms with Crippen molar-refractivity contribution in [1.82, 2.24) is 0 Å². The van der Waals surface area contributed by atoms with Crippen LogP contribution in [0.15, 0.2) is 176 Å². The highest BCUT2D eigenvalue weighted by molar-refractivity contribution is 7.26. The average molecular weight is 628 g/mol. The second kappa shape index (κ2) is 10.8. The highest BCUT2D eigenvalue weighted by Gasteiger charge is 2.21. The Hall–Kier alpha value is -5.96. The summed E-state index contributed by atoms with van der Waals surface area (Å²) in [6.45, 7) is 0. The molecule has 0 saturated carbocycles. The summed E-state index contributed by atoms with van der Waals surface area (Å²) in [4.78, 5) is 2.48. The predicted molar refractivity (Wildman–Crippen MR) is 209 cm³/mol. The molecule has 1 heterocycles. The molecule has 0 spiro atoms. The molecule has 1 nitrogen and oxygen atoms in total. The summed E-state index contributed by atoms with van der Waals surface area (Å²) >= 11 is 1.88. The van der Waals surface area contributed by atoms with E-state index in [4.69, 9.17) is 0 Å². The van der Waals surface area contributed by atoms with Crippen LogP contribution in [-0.2, 0) is 0 Å². The van der Waals surface area contributed by atoms with Crippen molar-refractivity contribution >= 4 is 91.7 Å². The molecule has 224 valence electrons. The van der Waals surface area contributed by atoms with Crippen LogP contribution < -0.4 is 4.90 Å². The van der Waals surface area contributed by atoms with E-state index in [2.05, 4.69) is 181 Å². The first kappa shape index (κ1) is 27.2. The summed E-state index contributed by atoms with van der Waals surface area (Å²) in [6.07, 6.45) is 0. The Morgan fingerprint density at radius 3 is 1.73 bits per heavy atom. The van der Waals surface area contributed by atoms with E-state index in [1.54, 1.807) is 0 Å². The summed E-state index contributed by atoms with van der Waals surface area (Å²) in [5.74, 6) is 0. The molecule has 2 heteroatoms. The van der Waals surface area contributed by atoms with Gasteiger partial charge in [-0.2, -0.15) is 0 Å². The first-order valence-corrected chi connectivity index (χ1v) is 17.2. The normalized spacial score (nSPS) is 11.8. The zero-order valence-electron chi connectivity index (χ0n) is 26.1. The fraction of sp³-hybridized carbons (Fsp3) is 0. The van der Waals surface area contributed by atoms with Crippen LogP contribution in [0.5, 0.6) is 0 Å². The number of thiophene rings is 1. The molecular formula is C46H29NS. The van der Waals surface area contributed by atoms with Gasteiger partial charge in [-0.15, -0.1) is 11.3 Å². The lowest BCUT2D eigenvalue weighted by Crippen LogP contribution is -2.10. The van der Waals surface area contributed by atoms with Crippen molar-refractivity contribution in [2.75, 3.05) is 4.90 Å². The van der Waals surface area contributed by atoms with Crippen LogP contribution in [0.4, 0.5) is 17.1 Å². The Kier molecular flexibility index (Phi) is 6.12. The molecule has 0 aliphatic carbocycles. The van der Waals surface area contributed by atoms with E-state index in [1.165, 1.54) is 80.1 Å². The lowest BCUT2D eigenvalue weighted by molar-refractivity contribution is 1.31. The van der Waals surface area contributed by atoms with E-state index in [1.807, 2.05) is 11.3 Å². The first-order chi connectivity index (χ1) is 23.8. The summed E-state index contributed by atoms with van der Waals surface area (Å²) in [6, 6.07) is 64.6. The number of fused-ring (bicyclic) bond motifs is 10. The lowest BCUT2D eigenvalue weighted by atomic mass is 9.95. The molecule has 0 aliphatic rings. The van der Waals surface area contributed by atoms with Gasteiger partial charge in [0, 0.05) is 31.5 Å². The van der Waals surface area contributed by atoms with Gasteiger partial charge in [0.1, 0.15) is 0 Å². The van der Waals surface area contributed by atoms with Gasteiger partial charge >= 0.3 is 0 Å². The smallest absolute Gasteiger partial charge is 0.0555 e. The van der Waals surface area contributed by atoms with Gasteiger partial charge in [0.15, 0.2) is 0 Å². The van der Waals surface area contributed by atoms with Crippen LogP contribution in [-0.4, -0.2) is 0 Å². The lowest BCUT2D eigenvalue weighted by Gasteiger charge is -2.27. The van der Waals surface area contributed by atoms with E-state index >= 15 is 0 Å². The second-order valence-electron chi connectivity index (χ2n) is 12.5. The standard InChI is InChI=1S/C46H29NS/c1-2-10-30(11-3-1)35-14-8-15-36(28-35)47(41-18-9-19-42-46(41)45-39-17-7-5-13-32(39)25-27-43(45)48-42)37-26-24-33-21-23-34-22-20-31-12-4-6-16-38(31)44(34)40(33)29-37/h1-29H. The predicted octanol–water partition coefficient (Wildman–Crippen LogP) is 13.8. The molecular weight excluding hydrogens is 599 g/mol. The maximum Gasteiger partial charge on any atom is 0.0555 e. The van der Waals surface area contributed by atoms with Crippen molar-refractivity contribution in [1.29, 1.82) is 0 Å². The highest BCUT2D eigenvalue weighted by Crippen LogP contribution is 2.48. The zero-order valence-corrected chi connectivity index (χ0v) is 26.9. The van der Waals surface area contributed by atoms with Gasteiger partial charge in [0.05, 0.1) is 5.69 Å². The molecule has 0 radical (unpaired) electrons. The van der Waals surface area contributed by atoms with Crippen LogP contribution in [0.3, 0.4) is 0 Å². The van der Waals surface area contributed by atoms with Gasteiger partial charge in [-0.05, 0) is 96.7 Å². The minimum absolute atomic E-state index is 1.13. The maximum absolute atomic E-state index is 2.48. The number of hydrogen-bond acceptors (Lipinski definition) is 2. The summed E-state index contributed by atoms with van der Waals surface area (Å²) in [5.41, 5.74) is 5.86. The van der Waals surface area contributed by atoms with E-state index in [0.29, 0.717) is 0 Å². The van der Waals surface area contributed by atoms with Crippen molar-refractivity contribution in [2.45, 2.75) is 0 Å². The summed E-state index contributed by atoms with van der Waals surface area (Å²) in [7, 11) is 0. The SMILES string of the molecule is c1ccc(-c2cccc(N(c3ccc4ccc5ccc6ccccc6c5c4c3)c3cccc4sc5ccc6ccccc6c5c34)c2)cc1. The maximum atomic E-state index is 2.48. The second-order valence-corrected chi connectivity index (χ2v) is 13.6. The van der Waals surface area contributed by atoms with Crippen LogP contribution >= 0.6 is 11.3 Å². The summed E-state index contributed by atoms with van der Waals surface area (Å²) in [5, 5.41) is 12.8. The molecule has 48 heavy (non-hydrogen) atoms. The third-order valence-electron chi connectivity index (χ3n) is 9.79. The molecule has 0 bridgehead atoms.